The van der Waals surface area contributed by atoms with E-state index in [1.54, 1.807) is 13.8 Å². The van der Waals surface area contributed by atoms with Crippen LogP contribution in [0.15, 0.2) is 0 Å². The van der Waals surface area contributed by atoms with Gasteiger partial charge in [0.15, 0.2) is 0 Å². The maximum Gasteiger partial charge on any atom is 0.334 e. The van der Waals surface area contributed by atoms with E-state index in [4.69, 9.17) is 23.2 Å². The summed E-state index contributed by atoms with van der Waals surface area (Å²) in [7, 11) is 0. The minimum atomic E-state index is -0.981. The van der Waals surface area contributed by atoms with Gasteiger partial charge in [-0.1, -0.05) is 26.1 Å². The second-order valence-electron chi connectivity index (χ2n) is 2.63. The van der Waals surface area contributed by atoms with Crippen LogP contribution in [-0.4, -0.2) is 11.0 Å². The first-order chi connectivity index (χ1) is 6.05. The minimum Gasteiger partial charge on any atom is -0.392 e. The second-order valence-corrected chi connectivity index (χ2v) is 3.07. The van der Waals surface area contributed by atoms with Crippen LogP contribution in [0.3, 0.4) is 0 Å². The number of nitrogens with two attached hydrogens (primary N) is 1. The fraction of sp³-hybridized carbons (Fsp3) is 0.625. The Kier molecular flexibility index (Phi) is 4.35. The number of thiocarbonyl (C=S) groups is 1. The summed E-state index contributed by atoms with van der Waals surface area (Å²) in [6.45, 7) is 3.56. The van der Waals surface area contributed by atoms with Crippen molar-refractivity contribution in [2.75, 3.05) is 0 Å². The van der Waals surface area contributed by atoms with Crippen molar-refractivity contribution in [3.05, 3.63) is 0 Å². The van der Waals surface area contributed by atoms with Gasteiger partial charge >= 0.3 is 5.97 Å². The Labute approximate surface area is 82.7 Å². The highest BCUT2D eigenvalue weighted by molar-refractivity contribution is 7.80. The maximum absolute atomic E-state index is 11.4. The Balaban J connectivity index is 4.89. The van der Waals surface area contributed by atoms with Crippen LogP contribution < -0.4 is 5.73 Å². The van der Waals surface area contributed by atoms with Crippen molar-refractivity contribution in [1.82, 2.24) is 0 Å². The number of ether oxygens (including phenoxy) is 1. The smallest absolute Gasteiger partial charge is 0.334 e. The van der Waals surface area contributed by atoms with Gasteiger partial charge in [0.25, 0.3) is 6.26 Å². The third kappa shape index (κ3) is 2.16. The molecule has 0 rings (SSSR count). The van der Waals surface area contributed by atoms with E-state index in [-0.39, 0.29) is 4.99 Å². The van der Waals surface area contributed by atoms with Crippen molar-refractivity contribution in [2.24, 2.45) is 11.1 Å². The summed E-state index contributed by atoms with van der Waals surface area (Å²) in [4.78, 5) is 11.4. The van der Waals surface area contributed by atoms with E-state index < -0.39 is 11.4 Å². The fourth-order valence-corrected chi connectivity index (χ4v) is 1.50. The molecule has 0 amide bonds. The highest BCUT2D eigenvalue weighted by atomic mass is 32.1. The molecular formula is C8H12N2O2S. The molecule has 72 valence electrons. The Morgan fingerprint density at radius 3 is 2.31 bits per heavy atom. The first-order valence-corrected chi connectivity index (χ1v) is 4.36. The highest BCUT2D eigenvalue weighted by Gasteiger charge is 2.40. The van der Waals surface area contributed by atoms with Gasteiger partial charge in [-0.3, -0.25) is 0 Å². The molecule has 0 saturated carbocycles. The standard InChI is InChI=1S/C8H12N2O2S/c1-3-8(4-2,6(10)13)7(11)12-5-9/h3-4H2,1-2H3,(H2,10,13). The third-order valence-corrected chi connectivity index (χ3v) is 2.60. The number of rotatable bonds is 4. The van der Waals surface area contributed by atoms with Crippen molar-refractivity contribution >= 4 is 23.2 Å². The number of hydrogen-bond donors (Lipinski definition) is 1. The lowest BCUT2D eigenvalue weighted by Gasteiger charge is -2.25. The molecule has 4 nitrogen and oxygen atoms in total. The quantitative estimate of drug-likeness (QED) is 0.418. The zero-order valence-corrected chi connectivity index (χ0v) is 8.48. The average molecular weight is 200 g/mol. The summed E-state index contributed by atoms with van der Waals surface area (Å²) in [5.74, 6) is -0.660. The molecule has 0 aromatic rings. The number of nitriles is 1. The number of nitrogens with zero attached hydrogens (tertiary/aromatic N) is 1. The van der Waals surface area contributed by atoms with Gasteiger partial charge < -0.3 is 10.5 Å². The molecule has 0 aromatic carbocycles. The average Bonchev–Trinajstić information content (AvgIpc) is 2.07. The molecule has 0 atom stereocenters. The van der Waals surface area contributed by atoms with E-state index in [1.807, 2.05) is 0 Å². The zero-order chi connectivity index (χ0) is 10.5. The monoisotopic (exact) mass is 200 g/mol. The minimum absolute atomic E-state index is 0.0813. The number of hydrogen-bond acceptors (Lipinski definition) is 4. The second kappa shape index (κ2) is 4.77. The predicted molar refractivity (Wildman–Crippen MR) is 51.5 cm³/mol. The van der Waals surface area contributed by atoms with Crippen LogP contribution in [0.4, 0.5) is 0 Å². The van der Waals surface area contributed by atoms with E-state index in [2.05, 4.69) is 4.74 Å². The van der Waals surface area contributed by atoms with Gasteiger partial charge in [-0.2, -0.15) is 0 Å². The van der Waals surface area contributed by atoms with E-state index in [1.165, 1.54) is 6.26 Å². The van der Waals surface area contributed by atoms with Crippen LogP contribution in [0.5, 0.6) is 0 Å². The van der Waals surface area contributed by atoms with Crippen LogP contribution in [0.1, 0.15) is 26.7 Å². The van der Waals surface area contributed by atoms with Crippen molar-refractivity contribution in [3.8, 4) is 6.26 Å². The Morgan fingerprint density at radius 2 is 2.08 bits per heavy atom. The zero-order valence-electron chi connectivity index (χ0n) is 7.66. The van der Waals surface area contributed by atoms with E-state index in [0.29, 0.717) is 12.8 Å². The van der Waals surface area contributed by atoms with Gasteiger partial charge in [0.2, 0.25) is 0 Å². The molecule has 0 unspecified atom stereocenters. The first kappa shape index (κ1) is 11.8. The molecule has 0 aliphatic rings. The van der Waals surface area contributed by atoms with Crippen molar-refractivity contribution in [1.29, 1.82) is 5.26 Å². The molecule has 0 spiro atoms. The summed E-state index contributed by atoms with van der Waals surface area (Å²) in [5, 5.41) is 8.20. The lowest BCUT2D eigenvalue weighted by molar-refractivity contribution is -0.145. The molecular weight excluding hydrogens is 188 g/mol. The topological polar surface area (TPSA) is 76.1 Å². The first-order valence-electron chi connectivity index (χ1n) is 3.95. The van der Waals surface area contributed by atoms with Crippen LogP contribution in [0.2, 0.25) is 0 Å². The molecule has 0 aliphatic carbocycles. The lowest BCUT2D eigenvalue weighted by Crippen LogP contribution is -2.42. The van der Waals surface area contributed by atoms with Crippen LogP contribution in [0, 0.1) is 16.9 Å². The van der Waals surface area contributed by atoms with Gasteiger partial charge in [-0.05, 0) is 12.8 Å². The summed E-state index contributed by atoms with van der Waals surface area (Å²) in [6, 6.07) is 0. The van der Waals surface area contributed by atoms with Gasteiger partial charge in [-0.25, -0.2) is 4.79 Å². The fourth-order valence-electron chi connectivity index (χ4n) is 1.13. The molecule has 0 bridgehead atoms. The molecule has 0 fully saturated rings. The van der Waals surface area contributed by atoms with Gasteiger partial charge in [0.05, 0.1) is 4.99 Å². The molecule has 0 saturated heterocycles. The van der Waals surface area contributed by atoms with E-state index in [0.717, 1.165) is 0 Å². The Hall–Kier alpha value is -1.15. The maximum atomic E-state index is 11.4. The molecule has 13 heavy (non-hydrogen) atoms. The van der Waals surface area contributed by atoms with Crippen molar-refractivity contribution < 1.29 is 9.53 Å². The van der Waals surface area contributed by atoms with Gasteiger partial charge in [0, 0.05) is 0 Å². The highest BCUT2D eigenvalue weighted by Crippen LogP contribution is 2.28. The van der Waals surface area contributed by atoms with E-state index >= 15 is 0 Å². The predicted octanol–water partition coefficient (Wildman–Crippen LogP) is 1.10. The number of carbonyl (C=O) groups excluding carboxylic acids is 1. The lowest BCUT2D eigenvalue weighted by atomic mass is 9.82. The molecule has 2 N–H and O–H groups in total. The van der Waals surface area contributed by atoms with Crippen LogP contribution in [0.25, 0.3) is 0 Å². The normalized spacial score (nSPS) is 10.2. The molecule has 5 heteroatoms. The van der Waals surface area contributed by atoms with Crippen LogP contribution in [-0.2, 0) is 9.53 Å². The molecule has 0 aliphatic heterocycles. The van der Waals surface area contributed by atoms with Gasteiger partial charge in [-0.15, -0.1) is 5.26 Å². The SMILES string of the molecule is CCC(CC)(C(=O)OC#N)C(N)=S. The summed E-state index contributed by atoms with van der Waals surface area (Å²) < 4.78 is 4.25. The Bertz CT molecular complexity index is 253. The summed E-state index contributed by atoms with van der Waals surface area (Å²) in [5.41, 5.74) is 4.46. The Morgan fingerprint density at radius 1 is 1.62 bits per heavy atom. The summed E-state index contributed by atoms with van der Waals surface area (Å²) in [6.07, 6.45) is 2.22. The molecule has 0 aromatic heterocycles. The van der Waals surface area contributed by atoms with E-state index in [9.17, 15) is 4.79 Å². The van der Waals surface area contributed by atoms with Crippen molar-refractivity contribution in [3.63, 3.8) is 0 Å². The third-order valence-electron chi connectivity index (χ3n) is 2.21. The number of carbonyl (C=O) groups is 1. The van der Waals surface area contributed by atoms with Gasteiger partial charge in [0.1, 0.15) is 5.41 Å². The molecule has 0 radical (unpaired) electrons. The van der Waals surface area contributed by atoms with Crippen LogP contribution >= 0.6 is 12.2 Å². The molecule has 0 heterocycles. The van der Waals surface area contributed by atoms with Crippen molar-refractivity contribution in [2.45, 2.75) is 26.7 Å². The largest absolute Gasteiger partial charge is 0.392 e. The summed E-state index contributed by atoms with van der Waals surface area (Å²) >= 11 is 4.79. The number of esters is 1.